The van der Waals surface area contributed by atoms with Gasteiger partial charge in [-0.25, -0.2) is 22.0 Å². The fourth-order valence-electron chi connectivity index (χ4n) is 2.54. The molecule has 0 heterocycles. The first-order chi connectivity index (χ1) is 9.41. The van der Waals surface area contributed by atoms with E-state index in [1.54, 1.807) is 0 Å². The maximum Gasteiger partial charge on any atom is 0.200 e. The molecule has 1 aromatic carbocycles. The Morgan fingerprint density at radius 2 is 1.25 bits per heavy atom. The lowest BCUT2D eigenvalue weighted by atomic mass is 9.83. The maximum absolute atomic E-state index is 13.4. The van der Waals surface area contributed by atoms with Gasteiger partial charge in [-0.05, 0) is 24.7 Å². The summed E-state index contributed by atoms with van der Waals surface area (Å²) in [5.41, 5.74) is -0.931. The Morgan fingerprint density at radius 3 is 1.75 bits per heavy atom. The molecular formula is C14H16F5N. The van der Waals surface area contributed by atoms with Gasteiger partial charge in [0.15, 0.2) is 23.3 Å². The van der Waals surface area contributed by atoms with Gasteiger partial charge >= 0.3 is 0 Å². The number of hydrogen-bond donors (Lipinski definition) is 1. The molecule has 1 N–H and O–H groups in total. The zero-order valence-corrected chi connectivity index (χ0v) is 11.1. The number of nitrogens with one attached hydrogen (secondary N) is 1. The van der Waals surface area contributed by atoms with Crippen LogP contribution in [0.15, 0.2) is 0 Å². The van der Waals surface area contributed by atoms with Gasteiger partial charge in [0, 0.05) is 6.54 Å². The first-order valence-corrected chi connectivity index (χ1v) is 6.67. The molecule has 0 amide bonds. The molecular weight excluding hydrogens is 277 g/mol. The number of halogens is 5. The predicted octanol–water partition coefficient (Wildman–Crippen LogP) is 4.62. The fourth-order valence-corrected chi connectivity index (χ4v) is 2.54. The number of rotatable bonds is 3. The molecule has 1 saturated carbocycles. The lowest BCUT2D eigenvalue weighted by Gasteiger charge is -2.26. The zero-order chi connectivity index (χ0) is 14.9. The van der Waals surface area contributed by atoms with E-state index in [1.807, 2.05) is 0 Å². The molecule has 0 radical (unpaired) electrons. The first-order valence-electron chi connectivity index (χ1n) is 6.67. The van der Waals surface area contributed by atoms with Crippen molar-refractivity contribution in [2.45, 2.75) is 32.6 Å². The van der Waals surface area contributed by atoms with Crippen LogP contribution in [-0.2, 0) is 0 Å². The smallest absolute Gasteiger partial charge is 0.200 e. The van der Waals surface area contributed by atoms with Crippen LogP contribution in [0.25, 0.3) is 0 Å². The summed E-state index contributed by atoms with van der Waals surface area (Å²) in [6.07, 6.45) is 3.82. The highest BCUT2D eigenvalue weighted by atomic mass is 19.2. The highest BCUT2D eigenvalue weighted by molar-refractivity contribution is 5.47. The molecule has 0 bridgehead atoms. The second-order valence-corrected chi connectivity index (χ2v) is 5.45. The van der Waals surface area contributed by atoms with E-state index in [0.717, 1.165) is 25.7 Å². The van der Waals surface area contributed by atoms with Gasteiger partial charge in [0.2, 0.25) is 5.82 Å². The minimum Gasteiger partial charge on any atom is -0.380 e. The third-order valence-corrected chi connectivity index (χ3v) is 3.91. The monoisotopic (exact) mass is 293 g/mol. The maximum atomic E-state index is 13.4. The van der Waals surface area contributed by atoms with Crippen LogP contribution in [0, 0.1) is 40.9 Å². The molecule has 112 valence electrons. The zero-order valence-electron chi connectivity index (χ0n) is 11.1. The quantitative estimate of drug-likeness (QED) is 0.487. The second-order valence-electron chi connectivity index (χ2n) is 5.45. The summed E-state index contributed by atoms with van der Waals surface area (Å²) in [6, 6.07) is 0. The molecule has 2 rings (SSSR count). The van der Waals surface area contributed by atoms with Gasteiger partial charge in [-0.1, -0.05) is 19.8 Å². The van der Waals surface area contributed by atoms with Gasteiger partial charge < -0.3 is 5.32 Å². The van der Waals surface area contributed by atoms with Gasteiger partial charge in [-0.2, -0.15) is 0 Å². The Kier molecular flexibility index (Phi) is 4.50. The Labute approximate surface area is 114 Å². The van der Waals surface area contributed by atoms with E-state index in [9.17, 15) is 22.0 Å². The molecule has 0 aliphatic heterocycles. The number of anilines is 1. The van der Waals surface area contributed by atoms with Crippen molar-refractivity contribution in [3.05, 3.63) is 29.1 Å². The van der Waals surface area contributed by atoms with Crippen LogP contribution in [0.4, 0.5) is 27.6 Å². The third kappa shape index (κ3) is 2.88. The summed E-state index contributed by atoms with van der Waals surface area (Å²) in [4.78, 5) is 0. The minimum absolute atomic E-state index is 0.196. The molecule has 0 unspecified atom stereocenters. The van der Waals surface area contributed by atoms with Crippen molar-refractivity contribution in [1.82, 2.24) is 0 Å². The van der Waals surface area contributed by atoms with E-state index < -0.39 is 34.8 Å². The number of hydrogen-bond acceptors (Lipinski definition) is 1. The van der Waals surface area contributed by atoms with Crippen molar-refractivity contribution in [2.24, 2.45) is 11.8 Å². The molecule has 0 saturated heterocycles. The van der Waals surface area contributed by atoms with Crippen LogP contribution in [-0.4, -0.2) is 6.54 Å². The van der Waals surface area contributed by atoms with E-state index in [4.69, 9.17) is 0 Å². The molecule has 6 heteroatoms. The van der Waals surface area contributed by atoms with Gasteiger partial charge in [-0.3, -0.25) is 0 Å². The van der Waals surface area contributed by atoms with Crippen LogP contribution >= 0.6 is 0 Å². The average molecular weight is 293 g/mol. The fraction of sp³-hybridized carbons (Fsp3) is 0.571. The van der Waals surface area contributed by atoms with Crippen molar-refractivity contribution in [1.29, 1.82) is 0 Å². The lowest BCUT2D eigenvalue weighted by Crippen LogP contribution is -2.21. The van der Waals surface area contributed by atoms with Gasteiger partial charge in [0.25, 0.3) is 0 Å². The molecule has 1 nitrogen and oxygen atoms in total. The van der Waals surface area contributed by atoms with E-state index in [-0.39, 0.29) is 12.5 Å². The van der Waals surface area contributed by atoms with Crippen LogP contribution in [0.2, 0.25) is 0 Å². The van der Waals surface area contributed by atoms with E-state index in [1.165, 1.54) is 0 Å². The van der Waals surface area contributed by atoms with Crippen LogP contribution in [0.5, 0.6) is 0 Å². The third-order valence-electron chi connectivity index (χ3n) is 3.91. The summed E-state index contributed by atoms with van der Waals surface area (Å²) in [5.74, 6) is -8.73. The molecule has 1 aliphatic rings. The Bertz CT molecular complexity index is 466. The van der Waals surface area contributed by atoms with E-state index >= 15 is 0 Å². The van der Waals surface area contributed by atoms with Gasteiger partial charge in [0.05, 0.1) is 0 Å². The summed E-state index contributed by atoms with van der Waals surface area (Å²) in [5, 5.41) is 2.38. The highest BCUT2D eigenvalue weighted by Crippen LogP contribution is 2.31. The molecule has 20 heavy (non-hydrogen) atoms. The van der Waals surface area contributed by atoms with E-state index in [2.05, 4.69) is 12.2 Å². The lowest BCUT2D eigenvalue weighted by molar-refractivity contribution is 0.299. The molecule has 1 aromatic rings. The normalized spacial score (nSPS) is 22.9. The molecule has 1 aliphatic carbocycles. The first kappa shape index (κ1) is 15.1. The molecule has 0 aromatic heterocycles. The Hall–Kier alpha value is -1.33. The summed E-state index contributed by atoms with van der Waals surface area (Å²) in [6.45, 7) is 2.35. The topological polar surface area (TPSA) is 12.0 Å². The largest absolute Gasteiger partial charge is 0.380 e. The van der Waals surface area contributed by atoms with Crippen LogP contribution in [0.3, 0.4) is 0 Å². The van der Waals surface area contributed by atoms with Crippen molar-refractivity contribution in [3.63, 3.8) is 0 Å². The van der Waals surface area contributed by atoms with Gasteiger partial charge in [0.1, 0.15) is 5.69 Å². The molecule has 0 atom stereocenters. The summed E-state index contributed by atoms with van der Waals surface area (Å²) < 4.78 is 65.8. The van der Waals surface area contributed by atoms with Crippen molar-refractivity contribution < 1.29 is 22.0 Å². The predicted molar refractivity (Wildman–Crippen MR) is 65.8 cm³/mol. The second kappa shape index (κ2) is 5.97. The van der Waals surface area contributed by atoms with Crippen molar-refractivity contribution in [3.8, 4) is 0 Å². The molecule has 0 spiro atoms. The van der Waals surface area contributed by atoms with Crippen LogP contribution < -0.4 is 5.32 Å². The summed E-state index contributed by atoms with van der Waals surface area (Å²) in [7, 11) is 0. The summed E-state index contributed by atoms with van der Waals surface area (Å²) >= 11 is 0. The van der Waals surface area contributed by atoms with Crippen LogP contribution in [0.1, 0.15) is 32.6 Å². The Balaban J connectivity index is 2.10. The SMILES string of the molecule is CC1CCC(CNc2c(F)c(F)c(F)c(F)c2F)CC1. The average Bonchev–Trinajstić information content (AvgIpc) is 2.45. The van der Waals surface area contributed by atoms with Crippen molar-refractivity contribution >= 4 is 5.69 Å². The Morgan fingerprint density at radius 1 is 0.800 bits per heavy atom. The molecule has 1 fully saturated rings. The van der Waals surface area contributed by atoms with Gasteiger partial charge in [-0.15, -0.1) is 0 Å². The van der Waals surface area contributed by atoms with E-state index in [0.29, 0.717) is 5.92 Å². The minimum atomic E-state index is -2.13. The highest BCUT2D eigenvalue weighted by Gasteiger charge is 2.26. The van der Waals surface area contributed by atoms with Crippen molar-refractivity contribution in [2.75, 3.05) is 11.9 Å². The number of benzene rings is 1. The standard InChI is InChI=1S/C14H16F5N/c1-7-2-4-8(5-3-7)6-20-14-12(18)10(16)9(15)11(17)13(14)19/h7-8,20H,2-6H2,1H3.